The van der Waals surface area contributed by atoms with E-state index in [2.05, 4.69) is 125 Å². The summed E-state index contributed by atoms with van der Waals surface area (Å²) in [6.07, 6.45) is 0. The third-order valence-electron chi connectivity index (χ3n) is 20.0. The molecule has 0 spiro atoms. The minimum absolute atomic E-state index is 0.142. The van der Waals surface area contributed by atoms with Gasteiger partial charge in [-0.15, -0.1) is 30.6 Å². The molecule has 0 atom stereocenters. The molecule has 0 aliphatic carbocycles. The zero-order valence-corrected chi connectivity index (χ0v) is 75.1. The third-order valence-corrected chi connectivity index (χ3v) is 20.7. The Labute approximate surface area is 771 Å². The summed E-state index contributed by atoms with van der Waals surface area (Å²) in [6.45, 7) is 9.86. The SMILES string of the molecule is Cc1cc(C(=O)Nc2ccccc2)ccc1-c1nnnn1C.Cc1ccc(NC(=O)c2ccc(-c3nnnn3C)cc2)cc1.Cc1ccc(NC(=O)c2ccc(-c3nnnn3C)cc2)cc1.Cc1ccc(NC(=O)c2ccc(-c3nnnn3C)cc2)cc1.Cc1ccc(NC(=O)c2ccc(-c3nnnn3C)cc2)cc1Cl.Cn1nnnc1-c1ccc(C(=O)Nc2ccccc2)c(Cl)c1. The molecule has 0 radical (unpaired) electrons. The summed E-state index contributed by atoms with van der Waals surface area (Å²) in [5.74, 6) is 2.82. The Morgan fingerprint density at radius 2 is 0.496 bits per heavy atom. The van der Waals surface area contributed by atoms with Gasteiger partial charge in [0.1, 0.15) is 0 Å². The first-order valence-corrected chi connectivity index (χ1v) is 41.6. The average molecular weight is 1810 g/mol. The summed E-state index contributed by atoms with van der Waals surface area (Å²) >= 11 is 12.3. The molecule has 0 aliphatic rings. The van der Waals surface area contributed by atoms with Gasteiger partial charge in [-0.3, -0.25) is 28.8 Å². The van der Waals surface area contributed by atoms with Gasteiger partial charge in [-0.25, -0.2) is 28.1 Å². The van der Waals surface area contributed by atoms with Crippen LogP contribution in [0.2, 0.25) is 10.0 Å². The molecule has 133 heavy (non-hydrogen) atoms. The van der Waals surface area contributed by atoms with Crippen LogP contribution in [0, 0.1) is 34.6 Å². The lowest BCUT2D eigenvalue weighted by atomic mass is 10.0. The molecular formula is C95H86Cl2N30O6. The Morgan fingerprint density at radius 3 is 0.789 bits per heavy atom. The number of hydrogen-bond donors (Lipinski definition) is 6. The first-order valence-electron chi connectivity index (χ1n) is 40.9. The second kappa shape index (κ2) is 44.3. The van der Waals surface area contributed by atoms with Crippen LogP contribution < -0.4 is 31.9 Å². The van der Waals surface area contributed by atoms with Gasteiger partial charge in [0.15, 0.2) is 34.9 Å². The summed E-state index contributed by atoms with van der Waals surface area (Å²) in [7, 11) is 10.6. The van der Waals surface area contributed by atoms with Gasteiger partial charge in [0, 0.05) is 143 Å². The smallest absolute Gasteiger partial charge is 0.257 e. The van der Waals surface area contributed by atoms with E-state index in [-0.39, 0.29) is 35.4 Å². The summed E-state index contributed by atoms with van der Waals surface area (Å²) in [5.41, 5.74) is 18.2. The average Bonchev–Trinajstić information content (AvgIpc) is 0.935. The van der Waals surface area contributed by atoms with Crippen molar-refractivity contribution in [1.82, 2.24) is 121 Å². The monoisotopic (exact) mass is 1810 g/mol. The number of carbonyl (C=O) groups excluding carboxylic acids is 6. The molecule has 0 saturated heterocycles. The number of para-hydroxylation sites is 2. The van der Waals surface area contributed by atoms with Crippen LogP contribution >= 0.6 is 23.2 Å². The Morgan fingerprint density at radius 1 is 0.233 bits per heavy atom. The van der Waals surface area contributed by atoms with Gasteiger partial charge >= 0.3 is 0 Å². The fraction of sp³-hybridized carbons (Fsp3) is 0.116. The molecular weight excluding hydrogens is 1730 g/mol. The fourth-order valence-corrected chi connectivity index (χ4v) is 13.1. The summed E-state index contributed by atoms with van der Waals surface area (Å²) in [4.78, 5) is 73.4. The van der Waals surface area contributed by atoms with Gasteiger partial charge < -0.3 is 31.9 Å². The van der Waals surface area contributed by atoms with Crippen LogP contribution in [0.1, 0.15) is 90.0 Å². The standard InChI is InChI=1S/C16H14ClN5O.4C16H15N5O.C15H12ClN5O/c1-10-3-8-13(9-14(10)17)18-16(23)12-6-4-11(5-7-12)15-19-20-21-22(15)2;3*1-11-3-9-14(10-4-11)17-16(22)13-7-5-12(6-8-13)15-18-19-20-21(15)2;1-11-10-12(16(22)17-13-6-4-3-5-7-13)8-9-14(11)15-18-19-20-21(15)2;1-21-14(18-19-20-21)10-7-8-12(13(16)9-10)15(22)17-11-5-3-2-4-6-11/h3-9H,1-2H3,(H,18,23);4*3-10H,1-2H3,(H,17,22);2-9H,1H3,(H,17,22). The quantitative estimate of drug-likeness (QED) is 0.0464. The zero-order valence-electron chi connectivity index (χ0n) is 73.6. The second-order valence-electron chi connectivity index (χ2n) is 29.8. The maximum atomic E-state index is 12.3. The van der Waals surface area contributed by atoms with Crippen LogP contribution in [0.3, 0.4) is 0 Å². The Hall–Kier alpha value is -17.5. The number of carbonyl (C=O) groups is 6. The van der Waals surface area contributed by atoms with Crippen LogP contribution in [0.15, 0.2) is 285 Å². The molecule has 38 heteroatoms. The Balaban J connectivity index is 0.000000136. The van der Waals surface area contributed by atoms with E-state index in [1.54, 1.807) is 145 Å². The minimum atomic E-state index is -0.265. The van der Waals surface area contributed by atoms with E-state index in [4.69, 9.17) is 23.2 Å². The van der Waals surface area contributed by atoms with E-state index >= 15 is 0 Å². The number of hydrogen-bond acceptors (Lipinski definition) is 24. The number of benzene rings is 12. The number of anilines is 6. The highest BCUT2D eigenvalue weighted by Gasteiger charge is 2.19. The van der Waals surface area contributed by atoms with E-state index in [9.17, 15) is 28.8 Å². The Bertz CT molecular complexity index is 6700. The summed E-state index contributed by atoms with van der Waals surface area (Å²) in [5, 5.41) is 86.1. The van der Waals surface area contributed by atoms with E-state index < -0.39 is 0 Å². The molecule has 18 rings (SSSR count). The number of tetrazole rings is 6. The lowest BCUT2D eigenvalue weighted by Gasteiger charge is -2.08. The van der Waals surface area contributed by atoms with Crippen LogP contribution in [-0.2, 0) is 42.3 Å². The van der Waals surface area contributed by atoms with Crippen molar-refractivity contribution in [2.24, 2.45) is 42.3 Å². The van der Waals surface area contributed by atoms with Crippen molar-refractivity contribution in [3.8, 4) is 68.3 Å². The second-order valence-corrected chi connectivity index (χ2v) is 30.6. The maximum Gasteiger partial charge on any atom is 0.257 e. The molecule has 6 N–H and O–H groups in total. The van der Waals surface area contributed by atoms with Gasteiger partial charge in [-0.2, -0.15) is 0 Å². The number of amides is 6. The topological polar surface area (TPSA) is 436 Å². The summed E-state index contributed by atoms with van der Waals surface area (Å²) in [6, 6.07) is 86.2. The number of aromatic nitrogens is 24. The number of halogens is 2. The number of rotatable bonds is 18. The van der Waals surface area contributed by atoms with E-state index in [1.807, 2.05) is 241 Å². The molecule has 12 aromatic carbocycles. The predicted octanol–water partition coefficient (Wildman–Crippen LogP) is 15.6. The number of nitrogens with zero attached hydrogens (tertiary/aromatic N) is 24. The van der Waals surface area contributed by atoms with Gasteiger partial charge in [-0.1, -0.05) is 179 Å². The largest absolute Gasteiger partial charge is 0.322 e. The molecule has 18 aromatic rings. The van der Waals surface area contributed by atoms with Crippen molar-refractivity contribution in [1.29, 1.82) is 0 Å². The van der Waals surface area contributed by atoms with Gasteiger partial charge in [0.25, 0.3) is 35.4 Å². The van der Waals surface area contributed by atoms with E-state index in [0.717, 1.165) is 83.9 Å². The molecule has 0 saturated carbocycles. The molecule has 0 aliphatic heterocycles. The van der Waals surface area contributed by atoms with Crippen LogP contribution in [0.25, 0.3) is 68.3 Å². The van der Waals surface area contributed by atoms with Crippen molar-refractivity contribution in [3.05, 3.63) is 356 Å². The molecule has 0 bridgehead atoms. The maximum absolute atomic E-state index is 12.3. The highest BCUT2D eigenvalue weighted by Crippen LogP contribution is 2.29. The highest BCUT2D eigenvalue weighted by molar-refractivity contribution is 6.35. The molecule has 0 fully saturated rings. The zero-order chi connectivity index (χ0) is 94.0. The van der Waals surface area contributed by atoms with Crippen molar-refractivity contribution >= 4 is 92.8 Å². The molecule has 6 amide bonds. The van der Waals surface area contributed by atoms with Crippen LogP contribution in [-0.4, -0.2) is 157 Å². The molecule has 666 valence electrons. The van der Waals surface area contributed by atoms with Gasteiger partial charge in [0.2, 0.25) is 0 Å². The third kappa shape index (κ3) is 25.2. The normalized spacial score (nSPS) is 10.5. The van der Waals surface area contributed by atoms with E-state index in [1.165, 1.54) is 4.68 Å². The minimum Gasteiger partial charge on any atom is -0.322 e. The first-order chi connectivity index (χ1) is 64.2. The van der Waals surface area contributed by atoms with Gasteiger partial charge in [-0.05, 0) is 254 Å². The lowest BCUT2D eigenvalue weighted by Crippen LogP contribution is -2.12. The highest BCUT2D eigenvalue weighted by atomic mass is 35.5. The van der Waals surface area contributed by atoms with Crippen LogP contribution in [0.4, 0.5) is 34.1 Å². The lowest BCUT2D eigenvalue weighted by molar-refractivity contribution is 0.101. The summed E-state index contributed by atoms with van der Waals surface area (Å²) < 4.78 is 9.47. The molecule has 6 aromatic heterocycles. The fourth-order valence-electron chi connectivity index (χ4n) is 12.6. The number of nitrogens with one attached hydrogen (secondary N) is 6. The van der Waals surface area contributed by atoms with Crippen molar-refractivity contribution in [2.45, 2.75) is 34.6 Å². The van der Waals surface area contributed by atoms with Crippen molar-refractivity contribution < 1.29 is 28.8 Å². The molecule has 0 unspecified atom stereocenters. The van der Waals surface area contributed by atoms with E-state index in [0.29, 0.717) is 89.7 Å². The van der Waals surface area contributed by atoms with Crippen molar-refractivity contribution in [2.75, 3.05) is 31.9 Å². The number of aryl methyl sites for hydroxylation is 11. The Kier molecular flexibility index (Phi) is 31.0. The van der Waals surface area contributed by atoms with Gasteiger partial charge in [0.05, 0.1) is 10.6 Å². The van der Waals surface area contributed by atoms with Crippen LogP contribution in [0.5, 0.6) is 0 Å². The first kappa shape index (κ1) is 93.1. The molecule has 6 heterocycles. The van der Waals surface area contributed by atoms with Crippen molar-refractivity contribution in [3.63, 3.8) is 0 Å². The molecule has 36 nitrogen and oxygen atoms in total. The predicted molar refractivity (Wildman–Crippen MR) is 505 cm³/mol.